The Labute approximate surface area is 124 Å². The summed E-state index contributed by atoms with van der Waals surface area (Å²) in [6.45, 7) is 6.92. The van der Waals surface area contributed by atoms with Crippen molar-refractivity contribution in [2.45, 2.75) is 39.2 Å². The number of nitrogens with one attached hydrogen (secondary N) is 2. The number of hydrogen-bond acceptors (Lipinski definition) is 2. The quantitative estimate of drug-likeness (QED) is 0.911. The molecule has 0 aliphatic carbocycles. The van der Waals surface area contributed by atoms with E-state index in [0.29, 0.717) is 13.2 Å². The molecule has 0 saturated heterocycles. The second kappa shape index (κ2) is 5.19. The molecular weight excluding hydrogens is 264 g/mol. The second-order valence-electron chi connectivity index (χ2n) is 5.91. The fraction of sp³-hybridized carbons (Fsp3) is 0.471. The first-order chi connectivity index (χ1) is 10.0. The Morgan fingerprint density at radius 3 is 3.00 bits per heavy atom. The Hall–Kier alpha value is -1.81. The second-order valence-corrected chi connectivity index (χ2v) is 5.91. The van der Waals surface area contributed by atoms with Crippen LogP contribution in [0.5, 0.6) is 0 Å². The maximum Gasteiger partial charge on any atom is 0.216 e. The van der Waals surface area contributed by atoms with Gasteiger partial charge in [0.15, 0.2) is 0 Å². The first-order valence-electron chi connectivity index (χ1n) is 7.56. The number of fused-ring (bicyclic) bond motifs is 3. The van der Waals surface area contributed by atoms with Crippen molar-refractivity contribution in [1.29, 1.82) is 0 Å². The first-order valence-corrected chi connectivity index (χ1v) is 7.56. The molecule has 1 atom stereocenters. The lowest BCUT2D eigenvalue weighted by Crippen LogP contribution is -2.43. The number of aromatic amines is 1. The molecule has 1 amide bonds. The van der Waals surface area contributed by atoms with Gasteiger partial charge >= 0.3 is 0 Å². The van der Waals surface area contributed by atoms with E-state index < -0.39 is 5.60 Å². The highest BCUT2D eigenvalue weighted by molar-refractivity contribution is 5.88. The summed E-state index contributed by atoms with van der Waals surface area (Å²) in [5, 5.41) is 4.18. The highest BCUT2D eigenvalue weighted by Crippen LogP contribution is 2.37. The van der Waals surface area contributed by atoms with Gasteiger partial charge in [-0.2, -0.15) is 0 Å². The van der Waals surface area contributed by atoms with Crippen LogP contribution < -0.4 is 5.32 Å². The van der Waals surface area contributed by atoms with Gasteiger partial charge in [0.2, 0.25) is 5.91 Å². The van der Waals surface area contributed by atoms with E-state index in [1.807, 2.05) is 6.92 Å². The summed E-state index contributed by atoms with van der Waals surface area (Å²) in [5.41, 5.74) is 4.50. The molecule has 2 heterocycles. The third kappa shape index (κ3) is 2.33. The number of carbonyl (C=O) groups excluding carboxylic acids is 1. The van der Waals surface area contributed by atoms with Crippen LogP contribution in [0.15, 0.2) is 18.2 Å². The van der Waals surface area contributed by atoms with Gasteiger partial charge in [-0.05, 0) is 30.9 Å². The zero-order chi connectivity index (χ0) is 15.0. The molecule has 1 aliphatic heterocycles. The molecule has 4 heteroatoms. The molecule has 1 aliphatic rings. The molecule has 3 rings (SSSR count). The lowest BCUT2D eigenvalue weighted by Gasteiger charge is -2.34. The van der Waals surface area contributed by atoms with Crippen LogP contribution in [0.4, 0.5) is 0 Å². The monoisotopic (exact) mass is 286 g/mol. The van der Waals surface area contributed by atoms with E-state index in [9.17, 15) is 4.79 Å². The van der Waals surface area contributed by atoms with Gasteiger partial charge in [-0.1, -0.05) is 25.1 Å². The zero-order valence-corrected chi connectivity index (χ0v) is 12.9. The smallest absolute Gasteiger partial charge is 0.216 e. The van der Waals surface area contributed by atoms with Crippen LogP contribution in [-0.4, -0.2) is 24.0 Å². The minimum Gasteiger partial charge on any atom is -0.367 e. The van der Waals surface area contributed by atoms with Crippen LogP contribution in [0.1, 0.15) is 37.6 Å². The molecule has 0 fully saturated rings. The van der Waals surface area contributed by atoms with Crippen molar-refractivity contribution < 1.29 is 9.53 Å². The Morgan fingerprint density at radius 2 is 2.29 bits per heavy atom. The number of ether oxygens (including phenoxy) is 1. The molecule has 0 saturated carbocycles. The van der Waals surface area contributed by atoms with Gasteiger partial charge in [-0.3, -0.25) is 4.79 Å². The average molecular weight is 286 g/mol. The van der Waals surface area contributed by atoms with E-state index in [1.54, 1.807) is 0 Å². The zero-order valence-electron chi connectivity index (χ0n) is 12.9. The number of H-pyrrole nitrogens is 1. The molecule has 4 nitrogen and oxygen atoms in total. The minimum atomic E-state index is -0.483. The number of carbonyl (C=O) groups is 1. The summed E-state index contributed by atoms with van der Waals surface area (Å²) < 4.78 is 6.00. The van der Waals surface area contributed by atoms with Crippen LogP contribution in [0.25, 0.3) is 10.9 Å². The number of aromatic nitrogens is 1. The molecule has 0 spiro atoms. The molecule has 1 aromatic heterocycles. The summed E-state index contributed by atoms with van der Waals surface area (Å²) in [7, 11) is 0. The molecule has 1 aromatic carbocycles. The number of benzene rings is 1. The SMILES string of the molecule is CCc1cccc2c3c([nH]c12)C(C)(CNC(C)=O)OCC3. The molecule has 0 radical (unpaired) electrons. The third-order valence-corrected chi connectivity index (χ3v) is 4.38. The normalized spacial score (nSPS) is 21.3. The van der Waals surface area contributed by atoms with Crippen molar-refractivity contribution in [3.63, 3.8) is 0 Å². The van der Waals surface area contributed by atoms with Crippen LogP contribution in [0.2, 0.25) is 0 Å². The van der Waals surface area contributed by atoms with Crippen LogP contribution in [-0.2, 0) is 28.0 Å². The lowest BCUT2D eigenvalue weighted by molar-refractivity contribution is -0.121. The number of rotatable bonds is 3. The number of hydrogen-bond donors (Lipinski definition) is 2. The van der Waals surface area contributed by atoms with Gasteiger partial charge in [0.05, 0.1) is 18.8 Å². The molecule has 21 heavy (non-hydrogen) atoms. The molecular formula is C17H22N2O2. The van der Waals surface area contributed by atoms with E-state index in [0.717, 1.165) is 18.5 Å². The predicted molar refractivity (Wildman–Crippen MR) is 83.4 cm³/mol. The van der Waals surface area contributed by atoms with Crippen LogP contribution in [0.3, 0.4) is 0 Å². The van der Waals surface area contributed by atoms with Gasteiger partial charge in [-0.25, -0.2) is 0 Å². The minimum absolute atomic E-state index is 0.0303. The van der Waals surface area contributed by atoms with Gasteiger partial charge in [0, 0.05) is 17.8 Å². The third-order valence-electron chi connectivity index (χ3n) is 4.38. The van der Waals surface area contributed by atoms with Gasteiger partial charge in [0.1, 0.15) is 5.60 Å². The molecule has 2 N–H and O–H groups in total. The van der Waals surface area contributed by atoms with Crippen molar-refractivity contribution in [2.24, 2.45) is 0 Å². The number of aryl methyl sites for hydroxylation is 1. The number of para-hydroxylation sites is 1. The fourth-order valence-corrected chi connectivity index (χ4v) is 3.22. The molecule has 1 unspecified atom stereocenters. The van der Waals surface area contributed by atoms with Gasteiger partial charge < -0.3 is 15.0 Å². The highest BCUT2D eigenvalue weighted by atomic mass is 16.5. The van der Waals surface area contributed by atoms with E-state index in [1.165, 1.54) is 29.0 Å². The van der Waals surface area contributed by atoms with E-state index in [-0.39, 0.29) is 5.91 Å². The molecule has 112 valence electrons. The predicted octanol–water partition coefficient (Wildman–Crippen LogP) is 2.65. The Bertz CT molecular complexity index is 689. The largest absolute Gasteiger partial charge is 0.367 e. The Balaban J connectivity index is 2.11. The Morgan fingerprint density at radius 1 is 1.48 bits per heavy atom. The van der Waals surface area contributed by atoms with E-state index in [2.05, 4.69) is 35.4 Å². The summed E-state index contributed by atoms with van der Waals surface area (Å²) in [6.07, 6.45) is 1.91. The summed E-state index contributed by atoms with van der Waals surface area (Å²) in [6, 6.07) is 6.46. The van der Waals surface area contributed by atoms with Crippen molar-refractivity contribution in [3.8, 4) is 0 Å². The van der Waals surface area contributed by atoms with Crippen molar-refractivity contribution >= 4 is 16.8 Å². The summed E-state index contributed by atoms with van der Waals surface area (Å²) in [5.74, 6) is -0.0303. The summed E-state index contributed by atoms with van der Waals surface area (Å²) in [4.78, 5) is 14.8. The maximum atomic E-state index is 11.2. The highest BCUT2D eigenvalue weighted by Gasteiger charge is 2.36. The first kappa shape index (κ1) is 14.1. The van der Waals surface area contributed by atoms with Gasteiger partial charge in [0.25, 0.3) is 0 Å². The lowest BCUT2D eigenvalue weighted by atomic mass is 9.92. The standard InChI is InChI=1S/C17H22N2O2/c1-4-12-6-5-7-13-14-8-9-21-17(3,10-18-11(2)20)16(14)19-15(12)13/h5-7,19H,4,8-10H2,1-3H3,(H,18,20). The maximum absolute atomic E-state index is 11.2. The number of amides is 1. The van der Waals surface area contributed by atoms with Gasteiger partial charge in [-0.15, -0.1) is 0 Å². The van der Waals surface area contributed by atoms with E-state index >= 15 is 0 Å². The Kier molecular flexibility index (Phi) is 3.49. The molecule has 0 bridgehead atoms. The summed E-state index contributed by atoms with van der Waals surface area (Å²) >= 11 is 0. The van der Waals surface area contributed by atoms with Crippen molar-refractivity contribution in [1.82, 2.24) is 10.3 Å². The van der Waals surface area contributed by atoms with Crippen molar-refractivity contribution in [3.05, 3.63) is 35.0 Å². The fourth-order valence-electron chi connectivity index (χ4n) is 3.22. The average Bonchev–Trinajstić information content (AvgIpc) is 2.86. The topological polar surface area (TPSA) is 54.1 Å². The van der Waals surface area contributed by atoms with Crippen LogP contribution in [0, 0.1) is 0 Å². The van der Waals surface area contributed by atoms with Crippen LogP contribution >= 0.6 is 0 Å². The van der Waals surface area contributed by atoms with Crippen molar-refractivity contribution in [2.75, 3.05) is 13.2 Å². The van der Waals surface area contributed by atoms with E-state index in [4.69, 9.17) is 4.74 Å². The molecule has 2 aromatic rings.